The molecule has 0 aliphatic heterocycles. The third-order valence-corrected chi connectivity index (χ3v) is 2.63. The van der Waals surface area contributed by atoms with Crippen molar-refractivity contribution >= 4 is 28.4 Å². The molecule has 0 fully saturated rings. The molecule has 2 rings (SSSR count). The highest BCUT2D eigenvalue weighted by molar-refractivity contribution is 6.00. The number of fused-ring (bicyclic) bond motifs is 1. The van der Waals surface area contributed by atoms with E-state index in [1.54, 1.807) is 6.20 Å². The first-order valence-electron chi connectivity index (χ1n) is 6.05. The van der Waals surface area contributed by atoms with Gasteiger partial charge in [0.2, 0.25) is 11.8 Å². The Bertz CT molecular complexity index is 605. The summed E-state index contributed by atoms with van der Waals surface area (Å²) >= 11 is 0. The molecule has 0 aliphatic rings. The minimum atomic E-state index is -0.146. The van der Waals surface area contributed by atoms with E-state index in [-0.39, 0.29) is 18.2 Å². The van der Waals surface area contributed by atoms with Crippen molar-refractivity contribution in [3.8, 4) is 0 Å². The summed E-state index contributed by atoms with van der Waals surface area (Å²) in [5, 5.41) is 6.36. The lowest BCUT2D eigenvalue weighted by Gasteiger charge is -2.08. The second-order valence-corrected chi connectivity index (χ2v) is 4.16. The average molecular weight is 257 g/mol. The largest absolute Gasteiger partial charge is 0.356 e. The summed E-state index contributed by atoms with van der Waals surface area (Å²) in [5.74, 6) is -0.286. The number of benzene rings is 1. The summed E-state index contributed by atoms with van der Waals surface area (Å²) < 4.78 is 0. The van der Waals surface area contributed by atoms with E-state index in [2.05, 4.69) is 15.6 Å². The van der Waals surface area contributed by atoms with Crippen molar-refractivity contribution in [1.82, 2.24) is 10.3 Å². The fraction of sp³-hybridized carbons (Fsp3) is 0.214. The zero-order chi connectivity index (χ0) is 13.7. The smallest absolute Gasteiger partial charge is 0.226 e. The van der Waals surface area contributed by atoms with E-state index >= 15 is 0 Å². The molecule has 0 bridgehead atoms. The van der Waals surface area contributed by atoms with Crippen molar-refractivity contribution in [3.05, 3.63) is 36.5 Å². The van der Waals surface area contributed by atoms with Crippen LogP contribution in [-0.4, -0.2) is 23.3 Å². The van der Waals surface area contributed by atoms with Gasteiger partial charge in [0, 0.05) is 31.5 Å². The Morgan fingerprint density at radius 1 is 1.21 bits per heavy atom. The number of hydrogen-bond acceptors (Lipinski definition) is 3. The van der Waals surface area contributed by atoms with Crippen molar-refractivity contribution in [2.24, 2.45) is 0 Å². The van der Waals surface area contributed by atoms with E-state index in [0.717, 1.165) is 10.9 Å². The number of nitrogens with one attached hydrogen (secondary N) is 2. The molecular weight excluding hydrogens is 242 g/mol. The quantitative estimate of drug-likeness (QED) is 0.875. The summed E-state index contributed by atoms with van der Waals surface area (Å²) in [5.41, 5.74) is 1.45. The van der Waals surface area contributed by atoms with Crippen LogP contribution in [0.2, 0.25) is 0 Å². The molecule has 0 saturated carbocycles. The monoisotopic (exact) mass is 257 g/mol. The summed E-state index contributed by atoms with van der Waals surface area (Å²) in [4.78, 5) is 26.7. The first-order chi connectivity index (χ1) is 9.16. The first kappa shape index (κ1) is 13.0. The number of hydrogen-bond donors (Lipinski definition) is 2. The van der Waals surface area contributed by atoms with Gasteiger partial charge >= 0.3 is 0 Å². The Balaban J connectivity index is 2.05. The third kappa shape index (κ3) is 3.51. The number of pyridine rings is 1. The molecule has 98 valence electrons. The lowest BCUT2D eigenvalue weighted by atomic mass is 10.2. The van der Waals surface area contributed by atoms with E-state index in [1.165, 1.54) is 6.92 Å². The highest BCUT2D eigenvalue weighted by Gasteiger charge is 2.06. The Hall–Kier alpha value is -2.43. The fourth-order valence-electron chi connectivity index (χ4n) is 1.77. The molecule has 0 radical (unpaired) electrons. The molecule has 2 N–H and O–H groups in total. The van der Waals surface area contributed by atoms with Gasteiger partial charge in [0.05, 0.1) is 11.2 Å². The lowest BCUT2D eigenvalue weighted by molar-refractivity contribution is -0.119. The van der Waals surface area contributed by atoms with Crippen LogP contribution in [0.5, 0.6) is 0 Å². The van der Waals surface area contributed by atoms with Gasteiger partial charge in [-0.1, -0.05) is 18.2 Å². The maximum Gasteiger partial charge on any atom is 0.226 e. The van der Waals surface area contributed by atoms with Crippen LogP contribution in [0.15, 0.2) is 36.5 Å². The van der Waals surface area contributed by atoms with Crippen LogP contribution in [0.25, 0.3) is 10.9 Å². The zero-order valence-electron chi connectivity index (χ0n) is 10.6. The van der Waals surface area contributed by atoms with Crippen molar-refractivity contribution in [2.75, 3.05) is 11.9 Å². The predicted octanol–water partition coefficient (Wildman–Crippen LogP) is 1.70. The van der Waals surface area contributed by atoms with Gasteiger partial charge in [-0.05, 0) is 12.1 Å². The van der Waals surface area contributed by atoms with Crippen LogP contribution in [-0.2, 0) is 9.59 Å². The summed E-state index contributed by atoms with van der Waals surface area (Å²) in [7, 11) is 0. The molecule has 5 heteroatoms. The fourth-order valence-corrected chi connectivity index (χ4v) is 1.77. The molecular formula is C14H15N3O2. The van der Waals surface area contributed by atoms with Crippen molar-refractivity contribution in [1.29, 1.82) is 0 Å². The normalized spacial score (nSPS) is 10.2. The van der Waals surface area contributed by atoms with Crippen LogP contribution in [0.3, 0.4) is 0 Å². The molecule has 0 spiro atoms. The SMILES string of the molecule is CC(=O)NCCC(=O)Nc1cccc2cccnc12. The van der Waals surface area contributed by atoms with Gasteiger partial charge in [0.25, 0.3) is 0 Å². The third-order valence-electron chi connectivity index (χ3n) is 2.63. The van der Waals surface area contributed by atoms with Gasteiger partial charge in [-0.2, -0.15) is 0 Å². The number of amides is 2. The van der Waals surface area contributed by atoms with Gasteiger partial charge in [0.15, 0.2) is 0 Å². The summed E-state index contributed by atoms with van der Waals surface area (Å²) in [6.45, 7) is 1.76. The molecule has 19 heavy (non-hydrogen) atoms. The highest BCUT2D eigenvalue weighted by atomic mass is 16.2. The van der Waals surface area contributed by atoms with Gasteiger partial charge in [0.1, 0.15) is 0 Å². The molecule has 0 unspecified atom stereocenters. The Morgan fingerprint density at radius 3 is 2.79 bits per heavy atom. The highest BCUT2D eigenvalue weighted by Crippen LogP contribution is 2.20. The maximum atomic E-state index is 11.7. The van der Waals surface area contributed by atoms with Crippen LogP contribution >= 0.6 is 0 Å². The van der Waals surface area contributed by atoms with E-state index in [9.17, 15) is 9.59 Å². The maximum absolute atomic E-state index is 11.7. The molecule has 1 aromatic heterocycles. The molecule has 2 amide bonds. The molecule has 1 heterocycles. The second kappa shape index (κ2) is 5.95. The minimum absolute atomic E-state index is 0.139. The number of carbonyl (C=O) groups excluding carboxylic acids is 2. The first-order valence-corrected chi connectivity index (χ1v) is 6.05. The van der Waals surface area contributed by atoms with Gasteiger partial charge in [-0.25, -0.2) is 0 Å². The number of para-hydroxylation sites is 1. The van der Waals surface area contributed by atoms with Gasteiger partial charge in [-0.3, -0.25) is 14.6 Å². The Kier molecular flexibility index (Phi) is 4.07. The summed E-state index contributed by atoms with van der Waals surface area (Å²) in [6, 6.07) is 9.41. The standard InChI is InChI=1S/C14H15N3O2/c1-10(18)15-9-7-13(19)17-12-6-2-4-11-5-3-8-16-14(11)12/h2-6,8H,7,9H2,1H3,(H,15,18)(H,17,19). The molecule has 2 aromatic rings. The Morgan fingerprint density at radius 2 is 2.00 bits per heavy atom. The van der Waals surface area contributed by atoms with E-state index in [0.29, 0.717) is 12.2 Å². The molecule has 0 saturated heterocycles. The van der Waals surface area contributed by atoms with E-state index < -0.39 is 0 Å². The molecule has 1 aromatic carbocycles. The minimum Gasteiger partial charge on any atom is -0.356 e. The number of carbonyl (C=O) groups is 2. The van der Waals surface area contributed by atoms with E-state index in [4.69, 9.17) is 0 Å². The van der Waals surface area contributed by atoms with Crippen LogP contribution in [0, 0.1) is 0 Å². The summed E-state index contributed by atoms with van der Waals surface area (Å²) in [6.07, 6.45) is 1.93. The predicted molar refractivity (Wildman–Crippen MR) is 73.7 cm³/mol. The number of aromatic nitrogens is 1. The van der Waals surface area contributed by atoms with E-state index in [1.807, 2.05) is 30.3 Å². The van der Waals surface area contributed by atoms with Gasteiger partial charge < -0.3 is 10.6 Å². The second-order valence-electron chi connectivity index (χ2n) is 4.16. The Labute approximate surface area is 111 Å². The lowest BCUT2D eigenvalue weighted by Crippen LogP contribution is -2.25. The van der Waals surface area contributed by atoms with Crippen molar-refractivity contribution in [3.63, 3.8) is 0 Å². The topological polar surface area (TPSA) is 71.1 Å². The van der Waals surface area contributed by atoms with Crippen LogP contribution in [0.4, 0.5) is 5.69 Å². The van der Waals surface area contributed by atoms with Crippen molar-refractivity contribution < 1.29 is 9.59 Å². The number of rotatable bonds is 4. The van der Waals surface area contributed by atoms with Gasteiger partial charge in [-0.15, -0.1) is 0 Å². The molecule has 0 atom stereocenters. The molecule has 5 nitrogen and oxygen atoms in total. The van der Waals surface area contributed by atoms with Crippen LogP contribution < -0.4 is 10.6 Å². The van der Waals surface area contributed by atoms with Crippen molar-refractivity contribution in [2.45, 2.75) is 13.3 Å². The number of nitrogens with zero attached hydrogens (tertiary/aromatic N) is 1. The zero-order valence-corrected chi connectivity index (χ0v) is 10.6. The van der Waals surface area contributed by atoms with Crippen LogP contribution in [0.1, 0.15) is 13.3 Å². The molecule has 0 aliphatic carbocycles. The number of anilines is 1. The average Bonchev–Trinajstić information content (AvgIpc) is 2.39.